The van der Waals surface area contributed by atoms with Crippen molar-refractivity contribution in [1.29, 1.82) is 0 Å². The molecule has 26 heavy (non-hydrogen) atoms. The van der Waals surface area contributed by atoms with Crippen molar-refractivity contribution in [3.8, 4) is 11.5 Å². The number of methoxy groups -OCH3 is 1. The normalized spacial score (nSPS) is 11.7. The van der Waals surface area contributed by atoms with Crippen LogP contribution in [-0.4, -0.2) is 27.8 Å². The molecule has 7 nitrogen and oxygen atoms in total. The summed E-state index contributed by atoms with van der Waals surface area (Å²) < 4.78 is 67.8. The largest absolute Gasteiger partial charge is 0.573 e. The Labute approximate surface area is 146 Å². The quantitative estimate of drug-likeness (QED) is 0.816. The summed E-state index contributed by atoms with van der Waals surface area (Å²) in [6, 6.07) is 7.98. The van der Waals surface area contributed by atoms with E-state index in [9.17, 15) is 26.4 Å². The van der Waals surface area contributed by atoms with Gasteiger partial charge < -0.3 is 14.8 Å². The van der Waals surface area contributed by atoms with Gasteiger partial charge in [0.15, 0.2) is 0 Å². The second-order valence-corrected chi connectivity index (χ2v) is 6.47. The SMILES string of the molecule is COc1cc(NC(=O)c2ccc(OC(F)(F)F)cc2)ccc1S(N)(=O)=O. The first-order chi connectivity index (χ1) is 12.0. The maximum Gasteiger partial charge on any atom is 0.573 e. The summed E-state index contributed by atoms with van der Waals surface area (Å²) in [5.41, 5.74) is 0.267. The van der Waals surface area contributed by atoms with Crippen LogP contribution in [0.4, 0.5) is 18.9 Å². The Morgan fingerprint density at radius 3 is 2.23 bits per heavy atom. The highest BCUT2D eigenvalue weighted by atomic mass is 32.2. The van der Waals surface area contributed by atoms with Gasteiger partial charge in [-0.2, -0.15) is 0 Å². The Kier molecular flexibility index (Phi) is 5.42. The molecule has 0 heterocycles. The lowest BCUT2D eigenvalue weighted by Crippen LogP contribution is -2.17. The number of rotatable bonds is 5. The third-order valence-corrected chi connectivity index (χ3v) is 4.03. The van der Waals surface area contributed by atoms with E-state index in [1.54, 1.807) is 0 Å². The van der Waals surface area contributed by atoms with Gasteiger partial charge in [0.25, 0.3) is 5.91 Å². The van der Waals surface area contributed by atoms with Crippen molar-refractivity contribution in [2.75, 3.05) is 12.4 Å². The number of anilines is 1. The van der Waals surface area contributed by atoms with Gasteiger partial charge in [0.1, 0.15) is 16.4 Å². The van der Waals surface area contributed by atoms with Crippen LogP contribution in [0.5, 0.6) is 11.5 Å². The first-order valence-electron chi connectivity index (χ1n) is 6.87. The molecule has 0 aliphatic carbocycles. The van der Waals surface area contributed by atoms with Gasteiger partial charge in [0.2, 0.25) is 10.0 Å². The second-order valence-electron chi connectivity index (χ2n) is 4.94. The highest BCUT2D eigenvalue weighted by molar-refractivity contribution is 7.89. The van der Waals surface area contributed by atoms with E-state index in [1.807, 2.05) is 0 Å². The number of primary sulfonamides is 1. The predicted molar refractivity (Wildman–Crippen MR) is 85.4 cm³/mol. The van der Waals surface area contributed by atoms with Crippen LogP contribution < -0.4 is 19.9 Å². The van der Waals surface area contributed by atoms with Gasteiger partial charge in [-0.1, -0.05) is 0 Å². The summed E-state index contributed by atoms with van der Waals surface area (Å²) in [5, 5.41) is 7.51. The van der Waals surface area contributed by atoms with Crippen LogP contribution in [-0.2, 0) is 10.0 Å². The summed E-state index contributed by atoms with van der Waals surface area (Å²) in [6.45, 7) is 0. The first kappa shape index (κ1) is 19.5. The number of ether oxygens (including phenoxy) is 2. The van der Waals surface area contributed by atoms with Gasteiger partial charge in [0.05, 0.1) is 7.11 Å². The summed E-state index contributed by atoms with van der Waals surface area (Å²) >= 11 is 0. The van der Waals surface area contributed by atoms with E-state index < -0.39 is 28.0 Å². The molecule has 0 unspecified atom stereocenters. The Morgan fingerprint density at radius 1 is 1.12 bits per heavy atom. The smallest absolute Gasteiger partial charge is 0.495 e. The Bertz CT molecular complexity index is 912. The maximum atomic E-state index is 12.1. The van der Waals surface area contributed by atoms with Crippen LogP contribution >= 0.6 is 0 Å². The number of nitrogens with two attached hydrogens (primary N) is 1. The fraction of sp³-hybridized carbons (Fsp3) is 0.133. The number of carbonyl (C=O) groups excluding carboxylic acids is 1. The van der Waals surface area contributed by atoms with E-state index in [0.717, 1.165) is 30.3 Å². The second kappa shape index (κ2) is 7.22. The summed E-state index contributed by atoms with van der Waals surface area (Å²) in [7, 11) is -2.78. The van der Waals surface area contributed by atoms with E-state index in [-0.39, 0.29) is 21.9 Å². The number of carbonyl (C=O) groups is 1. The molecule has 2 aromatic carbocycles. The van der Waals surface area contributed by atoms with Gasteiger partial charge in [-0.05, 0) is 36.4 Å². The molecule has 0 aliphatic rings. The highest BCUT2D eigenvalue weighted by Crippen LogP contribution is 2.27. The molecular formula is C15H13F3N2O5S. The van der Waals surface area contributed by atoms with Gasteiger partial charge in [0, 0.05) is 17.3 Å². The van der Waals surface area contributed by atoms with Crippen molar-refractivity contribution in [1.82, 2.24) is 0 Å². The van der Waals surface area contributed by atoms with Crippen LogP contribution in [0.25, 0.3) is 0 Å². The number of alkyl halides is 3. The molecule has 2 aromatic rings. The minimum atomic E-state index is -4.83. The molecule has 0 aromatic heterocycles. The standard InChI is InChI=1S/C15H13F3N2O5S/c1-24-12-8-10(4-7-13(12)26(19,22)23)20-14(21)9-2-5-11(6-3-9)25-15(16,17)18/h2-8H,1H3,(H,20,21)(H2,19,22,23). The minimum absolute atomic E-state index is 0.0639. The van der Waals surface area contributed by atoms with Crippen LogP contribution in [0.2, 0.25) is 0 Å². The summed E-state index contributed by atoms with van der Waals surface area (Å²) in [5.74, 6) is -1.17. The number of nitrogens with one attached hydrogen (secondary N) is 1. The van der Waals surface area contributed by atoms with Crippen molar-refractivity contribution < 1.29 is 35.9 Å². The monoisotopic (exact) mass is 390 g/mol. The maximum absolute atomic E-state index is 12.1. The average Bonchev–Trinajstić information content (AvgIpc) is 2.52. The molecule has 3 N–H and O–H groups in total. The van der Waals surface area contributed by atoms with E-state index in [4.69, 9.17) is 9.88 Å². The average molecular weight is 390 g/mol. The highest BCUT2D eigenvalue weighted by Gasteiger charge is 2.31. The summed E-state index contributed by atoms with van der Waals surface area (Å²) in [4.78, 5) is 11.9. The third-order valence-electron chi connectivity index (χ3n) is 3.08. The van der Waals surface area contributed by atoms with Gasteiger partial charge in [-0.15, -0.1) is 13.2 Å². The molecular weight excluding hydrogens is 377 g/mol. The molecule has 0 saturated heterocycles. The molecule has 0 fully saturated rings. The molecule has 0 atom stereocenters. The third kappa shape index (κ3) is 5.10. The minimum Gasteiger partial charge on any atom is -0.495 e. The zero-order valence-corrected chi connectivity index (χ0v) is 14.0. The number of amides is 1. The number of halogens is 3. The van der Waals surface area contributed by atoms with Crippen molar-refractivity contribution >= 4 is 21.6 Å². The van der Waals surface area contributed by atoms with Crippen LogP contribution in [0, 0.1) is 0 Å². The number of benzene rings is 2. The van der Waals surface area contributed by atoms with E-state index in [2.05, 4.69) is 10.1 Å². The first-order valence-corrected chi connectivity index (χ1v) is 8.42. The van der Waals surface area contributed by atoms with Crippen molar-refractivity contribution in [3.05, 3.63) is 48.0 Å². The zero-order valence-electron chi connectivity index (χ0n) is 13.2. The molecule has 0 bridgehead atoms. The van der Waals surface area contributed by atoms with E-state index in [1.165, 1.54) is 19.2 Å². The number of sulfonamides is 1. The van der Waals surface area contributed by atoms with Gasteiger partial charge in [-0.25, -0.2) is 13.6 Å². The Hall–Kier alpha value is -2.79. The molecule has 0 aliphatic heterocycles. The molecule has 0 saturated carbocycles. The topological polar surface area (TPSA) is 108 Å². The van der Waals surface area contributed by atoms with Gasteiger partial charge >= 0.3 is 6.36 Å². The fourth-order valence-corrected chi connectivity index (χ4v) is 2.67. The molecule has 140 valence electrons. The Morgan fingerprint density at radius 2 is 1.73 bits per heavy atom. The van der Waals surface area contributed by atoms with Crippen molar-refractivity contribution in [2.24, 2.45) is 5.14 Å². The molecule has 11 heteroatoms. The van der Waals surface area contributed by atoms with Crippen LogP contribution in [0.1, 0.15) is 10.4 Å². The van der Waals surface area contributed by atoms with E-state index in [0.29, 0.717) is 0 Å². The van der Waals surface area contributed by atoms with Crippen LogP contribution in [0.15, 0.2) is 47.4 Å². The molecule has 2 rings (SSSR count). The summed E-state index contributed by atoms with van der Waals surface area (Å²) in [6.07, 6.45) is -4.83. The lowest BCUT2D eigenvalue weighted by atomic mass is 10.2. The van der Waals surface area contributed by atoms with Crippen LogP contribution in [0.3, 0.4) is 0 Å². The zero-order chi connectivity index (χ0) is 19.5. The molecule has 0 radical (unpaired) electrons. The van der Waals surface area contributed by atoms with E-state index >= 15 is 0 Å². The molecule has 0 spiro atoms. The predicted octanol–water partition coefficient (Wildman–Crippen LogP) is 2.49. The van der Waals surface area contributed by atoms with Gasteiger partial charge in [-0.3, -0.25) is 4.79 Å². The lowest BCUT2D eigenvalue weighted by Gasteiger charge is -2.11. The Balaban J connectivity index is 2.17. The fourth-order valence-electron chi connectivity index (χ4n) is 1.99. The number of hydrogen-bond donors (Lipinski definition) is 2. The molecule has 1 amide bonds. The van der Waals surface area contributed by atoms with Crippen molar-refractivity contribution in [2.45, 2.75) is 11.3 Å². The lowest BCUT2D eigenvalue weighted by molar-refractivity contribution is -0.274. The number of hydrogen-bond acceptors (Lipinski definition) is 5. The van der Waals surface area contributed by atoms with Crippen molar-refractivity contribution in [3.63, 3.8) is 0 Å².